The summed E-state index contributed by atoms with van der Waals surface area (Å²) in [6.07, 6.45) is 0. The van der Waals surface area contributed by atoms with Crippen molar-refractivity contribution in [1.29, 1.82) is 0 Å². The normalized spacial score (nSPS) is 21.0. The Morgan fingerprint density at radius 2 is 1.78 bits per heavy atom. The summed E-state index contributed by atoms with van der Waals surface area (Å²) < 4.78 is 0. The van der Waals surface area contributed by atoms with Crippen molar-refractivity contribution >= 4 is 23.2 Å². The van der Waals surface area contributed by atoms with Crippen LogP contribution in [0.4, 0.5) is 0 Å². The van der Waals surface area contributed by atoms with Crippen LogP contribution in [-0.4, -0.2) is 22.5 Å². The smallest absolute Gasteiger partial charge is 0.0606 e. The van der Waals surface area contributed by atoms with Gasteiger partial charge in [-0.1, -0.05) is 6.92 Å². The van der Waals surface area contributed by atoms with Gasteiger partial charge in [0.2, 0.25) is 0 Å². The van der Waals surface area contributed by atoms with Crippen LogP contribution in [0.1, 0.15) is 13.8 Å². The minimum absolute atomic E-state index is 0.000216. The highest BCUT2D eigenvalue weighted by atomic mass is 35.5. The predicted octanol–water partition coefficient (Wildman–Crippen LogP) is 1.85. The van der Waals surface area contributed by atoms with E-state index >= 15 is 0 Å². The average molecular weight is 171 g/mol. The molecular weight excluding hydrogens is 159 g/mol. The van der Waals surface area contributed by atoms with Crippen LogP contribution in [0, 0.1) is 5.92 Å². The fraction of sp³-hybridized carbons (Fsp3) is 1.00. The van der Waals surface area contributed by atoms with Gasteiger partial charge in [-0.25, -0.2) is 0 Å². The molecule has 0 aromatic rings. The third-order valence-electron chi connectivity index (χ3n) is 1.47. The molecule has 3 heteroatoms. The van der Waals surface area contributed by atoms with Gasteiger partial charge < -0.3 is 5.11 Å². The molecule has 0 aliphatic carbocycles. The highest BCUT2D eigenvalue weighted by molar-refractivity contribution is 6.23. The Kier molecular flexibility index (Phi) is 4.63. The van der Waals surface area contributed by atoms with E-state index in [0.717, 1.165) is 0 Å². The summed E-state index contributed by atoms with van der Waals surface area (Å²) in [5.74, 6) is 0.165. The van der Waals surface area contributed by atoms with Crippen molar-refractivity contribution < 1.29 is 5.11 Å². The van der Waals surface area contributed by atoms with E-state index in [1.54, 1.807) is 0 Å². The molecule has 3 atom stereocenters. The molecule has 0 saturated heterocycles. The molecule has 56 valence electrons. The molecule has 0 heterocycles. The largest absolute Gasteiger partial charge is 0.395 e. The molecule has 1 nitrogen and oxygen atoms in total. The van der Waals surface area contributed by atoms with Gasteiger partial charge in [0.15, 0.2) is 0 Å². The Morgan fingerprint density at radius 1 is 1.33 bits per heavy atom. The van der Waals surface area contributed by atoms with Crippen LogP contribution < -0.4 is 0 Å². The van der Waals surface area contributed by atoms with Crippen LogP contribution in [0.2, 0.25) is 0 Å². The van der Waals surface area contributed by atoms with E-state index in [1.165, 1.54) is 0 Å². The first kappa shape index (κ1) is 9.54. The van der Waals surface area contributed by atoms with E-state index in [9.17, 15) is 0 Å². The summed E-state index contributed by atoms with van der Waals surface area (Å²) in [6.45, 7) is 3.79. The summed E-state index contributed by atoms with van der Waals surface area (Å²) in [7, 11) is 0. The molecule has 0 saturated carbocycles. The average Bonchev–Trinajstić information content (AvgIpc) is 1.84. The third kappa shape index (κ3) is 3.29. The maximum absolute atomic E-state index is 8.56. The topological polar surface area (TPSA) is 20.2 Å². The first-order valence-corrected chi connectivity index (χ1v) is 3.86. The number of aliphatic hydroxyl groups excluding tert-OH is 1. The van der Waals surface area contributed by atoms with Gasteiger partial charge in [0.25, 0.3) is 0 Å². The summed E-state index contributed by atoms with van der Waals surface area (Å²) >= 11 is 11.4. The van der Waals surface area contributed by atoms with Crippen molar-refractivity contribution in [2.45, 2.75) is 24.6 Å². The number of aliphatic hydroxyl groups is 1. The molecule has 0 spiro atoms. The summed E-state index contributed by atoms with van der Waals surface area (Å²) in [5, 5.41) is 8.38. The molecular formula is C6H12Cl2O. The van der Waals surface area contributed by atoms with E-state index in [-0.39, 0.29) is 23.3 Å². The zero-order valence-corrected chi connectivity index (χ0v) is 7.15. The zero-order chi connectivity index (χ0) is 7.44. The third-order valence-corrected chi connectivity index (χ3v) is 2.40. The first-order chi connectivity index (χ1) is 4.09. The summed E-state index contributed by atoms with van der Waals surface area (Å²) in [4.78, 5) is 0. The maximum atomic E-state index is 8.56. The predicted molar refractivity (Wildman–Crippen MR) is 41.2 cm³/mol. The van der Waals surface area contributed by atoms with E-state index in [4.69, 9.17) is 28.3 Å². The summed E-state index contributed by atoms with van der Waals surface area (Å²) in [5.41, 5.74) is 0. The number of hydrogen-bond acceptors (Lipinski definition) is 1. The Labute approximate surface area is 66.0 Å². The number of hydrogen-bond donors (Lipinski definition) is 1. The molecule has 0 aromatic heterocycles. The van der Waals surface area contributed by atoms with Crippen molar-refractivity contribution in [3.63, 3.8) is 0 Å². The molecule has 0 fully saturated rings. The minimum Gasteiger partial charge on any atom is -0.395 e. The van der Waals surface area contributed by atoms with Crippen LogP contribution >= 0.6 is 23.2 Å². The second-order valence-corrected chi connectivity index (χ2v) is 3.48. The lowest BCUT2D eigenvalue weighted by atomic mass is 10.1. The van der Waals surface area contributed by atoms with Crippen LogP contribution in [0.5, 0.6) is 0 Å². The molecule has 0 bridgehead atoms. The monoisotopic (exact) mass is 170 g/mol. The molecule has 0 aromatic carbocycles. The van der Waals surface area contributed by atoms with Crippen LogP contribution in [0.15, 0.2) is 0 Å². The minimum atomic E-state index is -0.211. The maximum Gasteiger partial charge on any atom is 0.0606 e. The molecule has 1 N–H and O–H groups in total. The molecule has 9 heavy (non-hydrogen) atoms. The molecule has 0 amide bonds. The Bertz CT molecular complexity index is 75.5. The Hall–Kier alpha value is 0.540. The van der Waals surface area contributed by atoms with E-state index in [0.29, 0.717) is 0 Å². The van der Waals surface area contributed by atoms with E-state index in [1.807, 2.05) is 13.8 Å². The lowest BCUT2D eigenvalue weighted by molar-refractivity contribution is 0.266. The zero-order valence-electron chi connectivity index (χ0n) is 5.64. The van der Waals surface area contributed by atoms with Crippen LogP contribution in [-0.2, 0) is 0 Å². The van der Waals surface area contributed by atoms with Crippen molar-refractivity contribution in [2.75, 3.05) is 6.61 Å². The Morgan fingerprint density at radius 3 is 1.89 bits per heavy atom. The first-order valence-electron chi connectivity index (χ1n) is 2.98. The SMILES string of the molecule is C[C@@H]([C@H](C)Cl)[C@@H](Cl)CO. The lowest BCUT2D eigenvalue weighted by Crippen LogP contribution is -2.22. The van der Waals surface area contributed by atoms with E-state index < -0.39 is 0 Å². The Balaban J connectivity index is 3.58. The number of alkyl halides is 2. The van der Waals surface area contributed by atoms with Crippen molar-refractivity contribution in [3.8, 4) is 0 Å². The van der Waals surface area contributed by atoms with Gasteiger partial charge >= 0.3 is 0 Å². The van der Waals surface area contributed by atoms with Crippen LogP contribution in [0.25, 0.3) is 0 Å². The fourth-order valence-electron chi connectivity index (χ4n) is 0.454. The lowest BCUT2D eigenvalue weighted by Gasteiger charge is -2.17. The molecule has 0 aliphatic rings. The van der Waals surface area contributed by atoms with Crippen LogP contribution in [0.3, 0.4) is 0 Å². The van der Waals surface area contributed by atoms with Gasteiger partial charge in [-0.15, -0.1) is 23.2 Å². The molecule has 0 radical (unpaired) electrons. The highest BCUT2D eigenvalue weighted by Gasteiger charge is 2.17. The number of rotatable bonds is 3. The quantitative estimate of drug-likeness (QED) is 0.642. The van der Waals surface area contributed by atoms with Gasteiger partial charge in [0.1, 0.15) is 0 Å². The second kappa shape index (κ2) is 4.37. The molecule has 0 rings (SSSR count). The van der Waals surface area contributed by atoms with Crippen molar-refractivity contribution in [1.82, 2.24) is 0 Å². The fourth-order valence-corrected chi connectivity index (χ4v) is 0.922. The standard InChI is InChI=1S/C6H12Cl2O/c1-4(5(2)7)6(8)3-9/h4-6,9H,3H2,1-2H3/t4-,5-,6-/m0/s1. The van der Waals surface area contributed by atoms with Gasteiger partial charge in [0, 0.05) is 5.38 Å². The second-order valence-electron chi connectivity index (χ2n) is 2.24. The van der Waals surface area contributed by atoms with Crippen molar-refractivity contribution in [2.24, 2.45) is 5.92 Å². The summed E-state index contributed by atoms with van der Waals surface area (Å²) in [6, 6.07) is 0. The van der Waals surface area contributed by atoms with Crippen molar-refractivity contribution in [3.05, 3.63) is 0 Å². The van der Waals surface area contributed by atoms with Gasteiger partial charge in [-0.2, -0.15) is 0 Å². The highest BCUT2D eigenvalue weighted by Crippen LogP contribution is 2.17. The van der Waals surface area contributed by atoms with Gasteiger partial charge in [-0.05, 0) is 12.8 Å². The number of halogens is 2. The molecule has 0 unspecified atom stereocenters. The van der Waals surface area contributed by atoms with Gasteiger partial charge in [-0.3, -0.25) is 0 Å². The van der Waals surface area contributed by atoms with Gasteiger partial charge in [0.05, 0.1) is 12.0 Å². The molecule has 0 aliphatic heterocycles. The van der Waals surface area contributed by atoms with E-state index in [2.05, 4.69) is 0 Å².